The lowest BCUT2D eigenvalue weighted by Gasteiger charge is -2.22. The van der Waals surface area contributed by atoms with Gasteiger partial charge in [-0.3, -0.25) is 9.10 Å². The summed E-state index contributed by atoms with van der Waals surface area (Å²) < 4.78 is 32.8. The molecule has 0 fully saturated rings. The highest BCUT2D eigenvalue weighted by molar-refractivity contribution is 7.92. The molecule has 1 amide bonds. The van der Waals surface area contributed by atoms with Gasteiger partial charge in [-0.25, -0.2) is 13.4 Å². The second-order valence-electron chi connectivity index (χ2n) is 8.53. The standard InChI is InChI=1S/C26H28N4O4S/c1-17(2)24(25-27-22-10-5-6-11-23(22)28-25)29-26(31)18-8-7-9-21(16-18)35(32,33)30(3)19-12-14-20(34-4)15-13-19/h5-17,24H,1-4H3,(H,27,28)(H,29,31). The molecule has 35 heavy (non-hydrogen) atoms. The number of H-pyrrole nitrogens is 1. The number of carbonyl (C=O) groups excluding carboxylic acids is 1. The summed E-state index contributed by atoms with van der Waals surface area (Å²) in [5, 5.41) is 3.01. The number of aromatic amines is 1. The number of benzene rings is 3. The number of fused-ring (bicyclic) bond motifs is 1. The molecule has 0 spiro atoms. The van der Waals surface area contributed by atoms with Crippen LogP contribution in [-0.4, -0.2) is 38.5 Å². The van der Waals surface area contributed by atoms with Gasteiger partial charge in [-0.2, -0.15) is 0 Å². The van der Waals surface area contributed by atoms with Crippen molar-refractivity contribution in [1.29, 1.82) is 0 Å². The van der Waals surface area contributed by atoms with Crippen LogP contribution in [0.15, 0.2) is 77.7 Å². The second-order valence-corrected chi connectivity index (χ2v) is 10.5. The number of anilines is 1. The molecule has 8 nitrogen and oxygen atoms in total. The molecule has 1 heterocycles. The van der Waals surface area contributed by atoms with Crippen LogP contribution in [0.4, 0.5) is 5.69 Å². The number of rotatable bonds is 8. The Kier molecular flexibility index (Phi) is 6.79. The number of methoxy groups -OCH3 is 1. The molecular formula is C26H28N4O4S. The second kappa shape index (κ2) is 9.79. The molecule has 0 aliphatic carbocycles. The van der Waals surface area contributed by atoms with Crippen LogP contribution in [0.1, 0.15) is 36.1 Å². The molecule has 182 valence electrons. The average molecular weight is 493 g/mol. The third-order valence-electron chi connectivity index (χ3n) is 5.85. The van der Waals surface area contributed by atoms with E-state index in [9.17, 15) is 13.2 Å². The van der Waals surface area contributed by atoms with Crippen molar-refractivity contribution < 1.29 is 17.9 Å². The molecule has 3 aromatic carbocycles. The number of aromatic nitrogens is 2. The fourth-order valence-electron chi connectivity index (χ4n) is 3.78. The van der Waals surface area contributed by atoms with Crippen LogP contribution in [0, 0.1) is 5.92 Å². The molecule has 0 aliphatic heterocycles. The van der Waals surface area contributed by atoms with Gasteiger partial charge in [-0.1, -0.05) is 32.0 Å². The van der Waals surface area contributed by atoms with Crippen molar-refractivity contribution in [2.45, 2.75) is 24.8 Å². The molecule has 1 unspecified atom stereocenters. The van der Waals surface area contributed by atoms with Gasteiger partial charge in [-0.15, -0.1) is 0 Å². The summed E-state index contributed by atoms with van der Waals surface area (Å²) in [7, 11) is -0.870. The first kappa shape index (κ1) is 24.3. The zero-order chi connectivity index (χ0) is 25.2. The topological polar surface area (TPSA) is 104 Å². The summed E-state index contributed by atoms with van der Waals surface area (Å²) >= 11 is 0. The molecule has 0 saturated heterocycles. The van der Waals surface area contributed by atoms with Crippen molar-refractivity contribution in [2.75, 3.05) is 18.5 Å². The van der Waals surface area contributed by atoms with Gasteiger partial charge in [0.1, 0.15) is 11.6 Å². The maximum absolute atomic E-state index is 13.3. The van der Waals surface area contributed by atoms with Crippen LogP contribution in [0.3, 0.4) is 0 Å². The lowest BCUT2D eigenvalue weighted by atomic mass is 10.0. The molecule has 0 aliphatic rings. The number of para-hydroxylation sites is 2. The average Bonchev–Trinajstić information content (AvgIpc) is 3.30. The first-order valence-electron chi connectivity index (χ1n) is 11.2. The maximum atomic E-state index is 13.3. The number of hydrogen-bond acceptors (Lipinski definition) is 5. The number of ether oxygens (including phenoxy) is 1. The minimum Gasteiger partial charge on any atom is -0.497 e. The van der Waals surface area contributed by atoms with E-state index in [1.54, 1.807) is 43.5 Å². The predicted molar refractivity (Wildman–Crippen MR) is 136 cm³/mol. The van der Waals surface area contributed by atoms with Gasteiger partial charge in [0.2, 0.25) is 0 Å². The van der Waals surface area contributed by atoms with E-state index in [1.165, 1.54) is 23.5 Å². The molecule has 0 radical (unpaired) electrons. The van der Waals surface area contributed by atoms with Crippen LogP contribution in [0.5, 0.6) is 5.75 Å². The predicted octanol–water partition coefficient (Wildman–Crippen LogP) is 4.52. The first-order chi connectivity index (χ1) is 16.7. The fourth-order valence-corrected chi connectivity index (χ4v) is 5.02. The lowest BCUT2D eigenvalue weighted by Crippen LogP contribution is -2.33. The number of carbonyl (C=O) groups is 1. The minimum absolute atomic E-state index is 0.0216. The zero-order valence-corrected chi connectivity index (χ0v) is 20.8. The van der Waals surface area contributed by atoms with E-state index >= 15 is 0 Å². The van der Waals surface area contributed by atoms with Gasteiger partial charge in [0, 0.05) is 12.6 Å². The Labute approximate surface area is 205 Å². The number of nitrogens with zero attached hydrogens (tertiary/aromatic N) is 2. The molecule has 4 rings (SSSR count). The maximum Gasteiger partial charge on any atom is 0.264 e. The van der Waals surface area contributed by atoms with Crippen molar-refractivity contribution >= 4 is 32.7 Å². The van der Waals surface area contributed by atoms with Crippen LogP contribution >= 0.6 is 0 Å². The van der Waals surface area contributed by atoms with E-state index in [4.69, 9.17) is 4.74 Å². The van der Waals surface area contributed by atoms with Crippen molar-refractivity contribution in [3.63, 3.8) is 0 Å². The fraction of sp³-hybridized carbons (Fsp3) is 0.231. The normalized spacial score (nSPS) is 12.5. The third kappa shape index (κ3) is 5.00. The number of nitrogens with one attached hydrogen (secondary N) is 2. The molecular weight excluding hydrogens is 464 g/mol. The molecule has 0 saturated carbocycles. The molecule has 2 N–H and O–H groups in total. The van der Waals surface area contributed by atoms with Crippen LogP contribution in [0.25, 0.3) is 11.0 Å². The van der Waals surface area contributed by atoms with E-state index in [0.717, 1.165) is 11.0 Å². The largest absolute Gasteiger partial charge is 0.497 e. The highest BCUT2D eigenvalue weighted by atomic mass is 32.2. The number of amides is 1. The Morgan fingerprint density at radius 1 is 1.03 bits per heavy atom. The Balaban J connectivity index is 1.58. The molecule has 0 bridgehead atoms. The molecule has 1 atom stereocenters. The number of hydrogen-bond donors (Lipinski definition) is 2. The van der Waals surface area contributed by atoms with Crippen molar-refractivity contribution in [3.05, 3.63) is 84.2 Å². The number of imidazole rings is 1. The smallest absolute Gasteiger partial charge is 0.264 e. The molecule has 4 aromatic rings. The van der Waals surface area contributed by atoms with E-state index in [2.05, 4.69) is 15.3 Å². The van der Waals surface area contributed by atoms with Crippen LogP contribution in [-0.2, 0) is 10.0 Å². The van der Waals surface area contributed by atoms with Gasteiger partial charge >= 0.3 is 0 Å². The van der Waals surface area contributed by atoms with Gasteiger partial charge < -0.3 is 15.0 Å². The van der Waals surface area contributed by atoms with Crippen molar-refractivity contribution in [1.82, 2.24) is 15.3 Å². The Bertz CT molecular complexity index is 1410. The lowest BCUT2D eigenvalue weighted by molar-refractivity contribution is 0.0923. The zero-order valence-electron chi connectivity index (χ0n) is 20.0. The summed E-state index contributed by atoms with van der Waals surface area (Å²) in [6, 6.07) is 20.0. The summed E-state index contributed by atoms with van der Waals surface area (Å²) in [5.74, 6) is 0.945. The highest BCUT2D eigenvalue weighted by Gasteiger charge is 2.25. The summed E-state index contributed by atoms with van der Waals surface area (Å²) in [6.07, 6.45) is 0. The van der Waals surface area contributed by atoms with Gasteiger partial charge in [-0.05, 0) is 60.5 Å². The Hall–Kier alpha value is -3.85. The molecule has 1 aromatic heterocycles. The Morgan fingerprint density at radius 2 is 1.74 bits per heavy atom. The van der Waals surface area contributed by atoms with Gasteiger partial charge in [0.25, 0.3) is 15.9 Å². The van der Waals surface area contributed by atoms with Gasteiger partial charge in [0.05, 0.1) is 34.8 Å². The number of sulfonamides is 1. The monoisotopic (exact) mass is 492 g/mol. The summed E-state index contributed by atoms with van der Waals surface area (Å²) in [6.45, 7) is 3.98. The summed E-state index contributed by atoms with van der Waals surface area (Å²) in [4.78, 5) is 21.1. The van der Waals surface area contributed by atoms with E-state index in [0.29, 0.717) is 17.3 Å². The summed E-state index contributed by atoms with van der Waals surface area (Å²) in [5.41, 5.74) is 2.43. The Morgan fingerprint density at radius 3 is 2.40 bits per heavy atom. The van der Waals surface area contributed by atoms with E-state index < -0.39 is 10.0 Å². The van der Waals surface area contributed by atoms with Gasteiger partial charge in [0.15, 0.2) is 0 Å². The third-order valence-corrected chi connectivity index (χ3v) is 7.63. The van der Waals surface area contributed by atoms with E-state index in [1.807, 2.05) is 38.1 Å². The minimum atomic E-state index is -3.89. The van der Waals surface area contributed by atoms with Crippen molar-refractivity contribution in [3.8, 4) is 5.75 Å². The quantitative estimate of drug-likeness (QED) is 0.376. The van der Waals surface area contributed by atoms with Crippen molar-refractivity contribution in [2.24, 2.45) is 5.92 Å². The van der Waals surface area contributed by atoms with Crippen LogP contribution < -0.4 is 14.4 Å². The first-order valence-corrected chi connectivity index (χ1v) is 12.6. The SMILES string of the molecule is COc1ccc(N(C)S(=O)(=O)c2cccc(C(=O)NC(c3nc4ccccc4[nH]3)C(C)C)c2)cc1. The van der Waals surface area contributed by atoms with E-state index in [-0.39, 0.29) is 28.3 Å². The highest BCUT2D eigenvalue weighted by Crippen LogP contribution is 2.26. The molecule has 9 heteroatoms. The van der Waals surface area contributed by atoms with Crippen LogP contribution in [0.2, 0.25) is 0 Å².